The lowest BCUT2D eigenvalue weighted by Gasteiger charge is -1.93. The second kappa shape index (κ2) is 1.62. The molecule has 0 saturated carbocycles. The first-order valence-electron chi connectivity index (χ1n) is 2.52. The van der Waals surface area contributed by atoms with E-state index in [4.69, 9.17) is 0 Å². The van der Waals surface area contributed by atoms with Crippen molar-refractivity contribution < 1.29 is 23.9 Å². The molecule has 5 nitrogen and oxygen atoms in total. The van der Waals surface area contributed by atoms with E-state index < -0.39 is 13.3 Å². The van der Waals surface area contributed by atoms with E-state index in [-0.39, 0.29) is 12.6 Å². The van der Waals surface area contributed by atoms with Crippen molar-refractivity contribution in [2.24, 2.45) is 0 Å². The van der Waals surface area contributed by atoms with Gasteiger partial charge in [0, 0.05) is 0 Å². The molecule has 0 bridgehead atoms. The fraction of sp³-hybridized carbons (Fsp3) is 0.667. The van der Waals surface area contributed by atoms with Gasteiger partial charge in [-0.1, -0.05) is 0 Å². The molecule has 2 heterocycles. The van der Waals surface area contributed by atoms with E-state index in [9.17, 15) is 4.79 Å². The standard InChI is InChI=1S/C3H3BO5/c5-3-7-2-1-6-9-4(2)8-3/h2H,1H2. The van der Waals surface area contributed by atoms with Crippen molar-refractivity contribution in [2.45, 2.75) is 6.00 Å². The number of ether oxygens (including phenoxy) is 1. The predicted molar refractivity (Wildman–Crippen MR) is 24.1 cm³/mol. The molecule has 2 rings (SSSR count). The fourth-order valence-electron chi connectivity index (χ4n) is 0.745. The molecule has 1 unspecified atom stereocenters. The van der Waals surface area contributed by atoms with Crippen molar-refractivity contribution in [2.75, 3.05) is 6.61 Å². The van der Waals surface area contributed by atoms with Gasteiger partial charge in [0.05, 0.1) is 0 Å². The van der Waals surface area contributed by atoms with Crippen LogP contribution in [0.3, 0.4) is 0 Å². The van der Waals surface area contributed by atoms with Crippen molar-refractivity contribution >= 4 is 13.3 Å². The van der Waals surface area contributed by atoms with Crippen LogP contribution in [-0.4, -0.2) is 25.9 Å². The molecule has 0 aliphatic carbocycles. The Morgan fingerprint density at radius 1 is 1.67 bits per heavy atom. The van der Waals surface area contributed by atoms with Gasteiger partial charge in [-0.3, -0.25) is 0 Å². The van der Waals surface area contributed by atoms with Gasteiger partial charge in [-0.15, -0.1) is 0 Å². The van der Waals surface area contributed by atoms with E-state index in [2.05, 4.69) is 19.1 Å². The van der Waals surface area contributed by atoms with Crippen LogP contribution >= 0.6 is 0 Å². The average molecular weight is 130 g/mol. The molecule has 0 aromatic carbocycles. The van der Waals surface area contributed by atoms with Crippen LogP contribution in [0.25, 0.3) is 0 Å². The Labute approximate surface area is 50.9 Å². The van der Waals surface area contributed by atoms with E-state index in [0.29, 0.717) is 0 Å². The van der Waals surface area contributed by atoms with Gasteiger partial charge in [-0.25, -0.2) is 14.5 Å². The summed E-state index contributed by atoms with van der Waals surface area (Å²) >= 11 is 0. The SMILES string of the molecule is O=C1OB2OOCC2O1. The minimum absolute atomic E-state index is 0.260. The summed E-state index contributed by atoms with van der Waals surface area (Å²) in [6, 6.07) is -0.363. The maximum absolute atomic E-state index is 10.3. The molecule has 2 fully saturated rings. The van der Waals surface area contributed by atoms with Crippen LogP contribution in [0.4, 0.5) is 4.79 Å². The topological polar surface area (TPSA) is 54.0 Å². The summed E-state index contributed by atoms with van der Waals surface area (Å²) in [6.45, 7) is 0.260. The first-order valence-corrected chi connectivity index (χ1v) is 2.52. The van der Waals surface area contributed by atoms with Crippen LogP contribution in [-0.2, 0) is 19.1 Å². The molecule has 0 amide bonds. The van der Waals surface area contributed by atoms with Gasteiger partial charge in [0.25, 0.3) is 0 Å². The van der Waals surface area contributed by atoms with Gasteiger partial charge in [0.15, 0.2) is 6.00 Å². The zero-order valence-electron chi connectivity index (χ0n) is 4.40. The Morgan fingerprint density at radius 3 is 3.33 bits per heavy atom. The van der Waals surface area contributed by atoms with Crippen molar-refractivity contribution in [3.05, 3.63) is 0 Å². The smallest absolute Gasteiger partial charge is 0.473 e. The van der Waals surface area contributed by atoms with Crippen LogP contribution in [0.2, 0.25) is 0 Å². The lowest BCUT2D eigenvalue weighted by Crippen LogP contribution is -2.23. The zero-order chi connectivity index (χ0) is 6.27. The summed E-state index contributed by atoms with van der Waals surface area (Å²) in [5.74, 6) is 0. The van der Waals surface area contributed by atoms with Crippen LogP contribution < -0.4 is 0 Å². The Hall–Kier alpha value is -0.745. The minimum Gasteiger partial charge on any atom is -0.473 e. The normalized spacial score (nSPS) is 31.8. The van der Waals surface area contributed by atoms with Crippen molar-refractivity contribution in [1.29, 1.82) is 0 Å². The second-order valence-electron chi connectivity index (χ2n) is 1.77. The molecule has 9 heavy (non-hydrogen) atoms. The molecule has 2 aliphatic heterocycles. The first-order chi connectivity index (χ1) is 4.36. The number of hydrogen-bond acceptors (Lipinski definition) is 5. The van der Waals surface area contributed by atoms with Crippen LogP contribution in [0.15, 0.2) is 0 Å². The van der Waals surface area contributed by atoms with Gasteiger partial charge in [-0.05, 0) is 0 Å². The summed E-state index contributed by atoms with van der Waals surface area (Å²) in [5, 5.41) is 0. The third kappa shape index (κ3) is 0.673. The molecule has 0 spiro atoms. The summed E-state index contributed by atoms with van der Waals surface area (Å²) in [7, 11) is -0.641. The Kier molecular flexibility index (Phi) is 0.911. The Morgan fingerprint density at radius 2 is 2.56 bits per heavy atom. The van der Waals surface area contributed by atoms with E-state index in [1.807, 2.05) is 0 Å². The highest BCUT2D eigenvalue weighted by Crippen LogP contribution is 2.18. The quantitative estimate of drug-likeness (QED) is 0.251. The molecular weight excluding hydrogens is 127 g/mol. The highest BCUT2D eigenvalue weighted by molar-refractivity contribution is 6.50. The maximum Gasteiger partial charge on any atom is 0.604 e. The third-order valence-electron chi connectivity index (χ3n) is 1.16. The zero-order valence-corrected chi connectivity index (χ0v) is 4.40. The molecule has 0 aromatic rings. The summed E-state index contributed by atoms with van der Waals surface area (Å²) in [6.07, 6.45) is -0.687. The fourth-order valence-corrected chi connectivity index (χ4v) is 0.745. The van der Waals surface area contributed by atoms with E-state index in [0.717, 1.165) is 0 Å². The van der Waals surface area contributed by atoms with Crippen LogP contribution in [0.5, 0.6) is 0 Å². The number of rotatable bonds is 0. The van der Waals surface area contributed by atoms with E-state index in [1.54, 1.807) is 0 Å². The molecule has 2 saturated heterocycles. The molecular formula is C3H3BO5. The van der Waals surface area contributed by atoms with E-state index >= 15 is 0 Å². The molecule has 0 radical (unpaired) electrons. The van der Waals surface area contributed by atoms with Crippen LogP contribution in [0.1, 0.15) is 0 Å². The minimum atomic E-state index is -0.687. The van der Waals surface area contributed by atoms with E-state index in [1.165, 1.54) is 0 Å². The van der Waals surface area contributed by atoms with Gasteiger partial charge in [-0.2, -0.15) is 0 Å². The van der Waals surface area contributed by atoms with Crippen LogP contribution in [0, 0.1) is 0 Å². The average Bonchev–Trinajstić information content (AvgIpc) is 2.22. The summed E-state index contributed by atoms with van der Waals surface area (Å²) < 4.78 is 9.05. The number of hydrogen-bond donors (Lipinski definition) is 0. The Bertz CT molecular complexity index is 133. The number of carbonyl (C=O) groups is 1. The van der Waals surface area contributed by atoms with Gasteiger partial charge < -0.3 is 9.39 Å². The third-order valence-corrected chi connectivity index (χ3v) is 1.16. The maximum atomic E-state index is 10.3. The predicted octanol–water partition coefficient (Wildman–Crippen LogP) is -0.489. The van der Waals surface area contributed by atoms with Crippen molar-refractivity contribution in [3.8, 4) is 0 Å². The van der Waals surface area contributed by atoms with Gasteiger partial charge in [0.2, 0.25) is 0 Å². The molecule has 2 aliphatic rings. The first kappa shape index (κ1) is 5.07. The monoisotopic (exact) mass is 130 g/mol. The Balaban J connectivity index is 2.09. The second-order valence-corrected chi connectivity index (χ2v) is 1.77. The molecule has 0 N–H and O–H groups in total. The largest absolute Gasteiger partial charge is 0.604 e. The molecule has 48 valence electrons. The van der Waals surface area contributed by atoms with Gasteiger partial charge >= 0.3 is 13.3 Å². The number of fused-ring (bicyclic) bond motifs is 1. The number of carbonyl (C=O) groups excluding carboxylic acids is 1. The van der Waals surface area contributed by atoms with Crippen molar-refractivity contribution in [3.63, 3.8) is 0 Å². The summed E-state index contributed by atoms with van der Waals surface area (Å²) in [5.41, 5.74) is 0. The molecule has 6 heteroatoms. The highest BCUT2D eigenvalue weighted by Gasteiger charge is 2.50. The molecule has 0 aromatic heterocycles. The lowest BCUT2D eigenvalue weighted by molar-refractivity contribution is -0.201. The lowest BCUT2D eigenvalue weighted by atomic mass is 9.84. The molecule has 1 atom stereocenters. The highest BCUT2D eigenvalue weighted by atomic mass is 17.2. The van der Waals surface area contributed by atoms with Gasteiger partial charge in [0.1, 0.15) is 6.61 Å². The van der Waals surface area contributed by atoms with Crippen molar-refractivity contribution in [1.82, 2.24) is 0 Å². The summed E-state index contributed by atoms with van der Waals surface area (Å²) in [4.78, 5) is 19.2.